The predicted octanol–water partition coefficient (Wildman–Crippen LogP) is 4.12. The van der Waals surface area contributed by atoms with Gasteiger partial charge in [-0.05, 0) is 74.5 Å². The van der Waals surface area contributed by atoms with Crippen LogP contribution in [0.2, 0.25) is 0 Å². The molecule has 0 spiro atoms. The van der Waals surface area contributed by atoms with Crippen LogP contribution in [-0.4, -0.2) is 25.7 Å². The van der Waals surface area contributed by atoms with Crippen molar-refractivity contribution in [3.05, 3.63) is 29.3 Å². The Kier molecular flexibility index (Phi) is 7.81. The fourth-order valence-electron chi connectivity index (χ4n) is 3.85. The molecule has 0 atom stereocenters. The third-order valence-corrected chi connectivity index (χ3v) is 5.31. The Morgan fingerprint density at radius 2 is 1.96 bits per heavy atom. The van der Waals surface area contributed by atoms with E-state index in [4.69, 9.17) is 10.5 Å². The van der Waals surface area contributed by atoms with Gasteiger partial charge in [0, 0.05) is 19.3 Å². The zero-order valence-electron chi connectivity index (χ0n) is 14.6. The van der Waals surface area contributed by atoms with Crippen LogP contribution in [0.3, 0.4) is 0 Å². The lowest BCUT2D eigenvalue weighted by Gasteiger charge is -2.26. The maximum absolute atomic E-state index is 6.12. The van der Waals surface area contributed by atoms with Gasteiger partial charge >= 0.3 is 0 Å². The molecular weight excluding hydrogens is 413 g/mol. The molecule has 1 aromatic carbocycles. The van der Waals surface area contributed by atoms with Crippen LogP contribution in [-0.2, 0) is 17.6 Å². The number of hydrogen-bond acceptors (Lipinski definition) is 2. The van der Waals surface area contributed by atoms with Crippen molar-refractivity contribution in [2.45, 2.75) is 57.5 Å². The second-order valence-electron chi connectivity index (χ2n) is 6.88. The second-order valence-corrected chi connectivity index (χ2v) is 6.88. The Balaban J connectivity index is 0.00000208. The fraction of sp³-hybridized carbons (Fsp3) is 0.632. The van der Waals surface area contributed by atoms with E-state index in [0.29, 0.717) is 18.0 Å². The first-order chi connectivity index (χ1) is 11.3. The van der Waals surface area contributed by atoms with E-state index in [2.05, 4.69) is 28.5 Å². The summed E-state index contributed by atoms with van der Waals surface area (Å²) in [7, 11) is 1.81. The van der Waals surface area contributed by atoms with Crippen molar-refractivity contribution < 1.29 is 4.74 Å². The normalized spacial score (nSPS) is 24.0. The maximum atomic E-state index is 6.12. The van der Waals surface area contributed by atoms with E-state index in [1.54, 1.807) is 0 Å². The molecule has 134 valence electrons. The molecular formula is C19H30IN3O. The van der Waals surface area contributed by atoms with Crippen molar-refractivity contribution in [3.63, 3.8) is 0 Å². The zero-order chi connectivity index (χ0) is 16.1. The van der Waals surface area contributed by atoms with Gasteiger partial charge in [-0.1, -0.05) is 12.1 Å². The molecule has 3 N–H and O–H groups in total. The Morgan fingerprint density at radius 3 is 2.71 bits per heavy atom. The number of hydrogen-bond donors (Lipinski definition) is 2. The van der Waals surface area contributed by atoms with Crippen LogP contribution in [0.15, 0.2) is 23.2 Å². The molecule has 1 saturated carbocycles. The molecule has 0 heterocycles. The first-order valence-electron chi connectivity index (χ1n) is 8.96. The van der Waals surface area contributed by atoms with E-state index in [9.17, 15) is 0 Å². The van der Waals surface area contributed by atoms with Gasteiger partial charge in [-0.25, -0.2) is 0 Å². The summed E-state index contributed by atoms with van der Waals surface area (Å²) in [4.78, 5) is 4.59. The minimum absolute atomic E-state index is 0. The van der Waals surface area contributed by atoms with E-state index in [-0.39, 0.29) is 24.0 Å². The quantitative estimate of drug-likeness (QED) is 0.418. The fourth-order valence-corrected chi connectivity index (χ4v) is 3.85. The van der Waals surface area contributed by atoms with E-state index >= 15 is 0 Å². The second kappa shape index (κ2) is 9.61. The van der Waals surface area contributed by atoms with Crippen LogP contribution in [0.5, 0.6) is 0 Å². The highest BCUT2D eigenvalue weighted by molar-refractivity contribution is 14.0. The zero-order valence-corrected chi connectivity index (χ0v) is 16.9. The average Bonchev–Trinajstić information content (AvgIpc) is 2.61. The van der Waals surface area contributed by atoms with Crippen LogP contribution in [0.1, 0.15) is 49.7 Å². The number of nitrogens with two attached hydrogens (primary N) is 1. The summed E-state index contributed by atoms with van der Waals surface area (Å²) in [6.45, 7) is 0.824. The number of fused-ring (bicyclic) bond motifs is 1. The van der Waals surface area contributed by atoms with Gasteiger partial charge in [-0.3, -0.25) is 4.99 Å². The van der Waals surface area contributed by atoms with E-state index in [1.807, 2.05) is 7.11 Å². The van der Waals surface area contributed by atoms with Crippen molar-refractivity contribution in [2.24, 2.45) is 16.6 Å². The number of anilines is 1. The molecule has 0 bridgehead atoms. The van der Waals surface area contributed by atoms with Crippen molar-refractivity contribution in [3.8, 4) is 0 Å². The van der Waals surface area contributed by atoms with Gasteiger partial charge in [0.05, 0.1) is 6.10 Å². The molecule has 2 aliphatic carbocycles. The topological polar surface area (TPSA) is 59.6 Å². The highest BCUT2D eigenvalue weighted by atomic mass is 127. The average molecular weight is 443 g/mol. The largest absolute Gasteiger partial charge is 0.381 e. The number of benzene rings is 1. The third-order valence-electron chi connectivity index (χ3n) is 5.31. The Bertz CT molecular complexity index is 554. The molecule has 5 heteroatoms. The lowest BCUT2D eigenvalue weighted by molar-refractivity contribution is 0.0581. The smallest absolute Gasteiger partial charge is 0.193 e. The number of nitrogens with one attached hydrogen (secondary N) is 1. The number of halogens is 1. The molecule has 1 fully saturated rings. The van der Waals surface area contributed by atoms with Crippen molar-refractivity contribution >= 4 is 35.6 Å². The molecule has 3 rings (SSSR count). The van der Waals surface area contributed by atoms with Crippen molar-refractivity contribution in [2.75, 3.05) is 19.0 Å². The maximum Gasteiger partial charge on any atom is 0.193 e. The molecule has 4 nitrogen and oxygen atoms in total. The summed E-state index contributed by atoms with van der Waals surface area (Å²) < 4.78 is 5.42. The van der Waals surface area contributed by atoms with Crippen molar-refractivity contribution in [1.82, 2.24) is 0 Å². The number of aryl methyl sites for hydroxylation is 1. The highest BCUT2D eigenvalue weighted by Crippen LogP contribution is 2.28. The first-order valence-corrected chi connectivity index (χ1v) is 8.96. The molecule has 0 unspecified atom stereocenters. The number of methoxy groups -OCH3 is 1. The molecule has 0 aliphatic heterocycles. The van der Waals surface area contributed by atoms with Crippen LogP contribution in [0.4, 0.5) is 5.69 Å². The summed E-state index contributed by atoms with van der Waals surface area (Å²) >= 11 is 0. The lowest BCUT2D eigenvalue weighted by Crippen LogP contribution is -2.26. The van der Waals surface area contributed by atoms with Gasteiger partial charge in [0.15, 0.2) is 5.96 Å². The van der Waals surface area contributed by atoms with Crippen molar-refractivity contribution in [1.29, 1.82) is 0 Å². The number of ether oxygens (including phenoxy) is 1. The summed E-state index contributed by atoms with van der Waals surface area (Å²) in [5.41, 5.74) is 10.2. The minimum Gasteiger partial charge on any atom is -0.381 e. The molecule has 0 saturated heterocycles. The third kappa shape index (κ3) is 5.09. The predicted molar refractivity (Wildman–Crippen MR) is 111 cm³/mol. The van der Waals surface area contributed by atoms with Crippen LogP contribution >= 0.6 is 24.0 Å². The summed E-state index contributed by atoms with van der Waals surface area (Å²) in [5, 5.41) is 3.33. The number of guanidine groups is 1. The van der Waals surface area contributed by atoms with Crippen LogP contribution < -0.4 is 11.1 Å². The molecule has 0 aromatic heterocycles. The Hall–Kier alpha value is -0.820. The lowest BCUT2D eigenvalue weighted by atomic mass is 9.87. The summed E-state index contributed by atoms with van der Waals surface area (Å²) in [5.74, 6) is 1.20. The molecule has 0 radical (unpaired) electrons. The standard InChI is InChI=1S/C19H29N3O.HI/c1-23-16-11-9-14(10-12-16)13-21-19(20)22-18-8-4-6-15-5-2-3-7-17(15)18;/h4,6,8,14,16H,2-3,5,7,9-13H2,1H3,(H3,20,21,22);1H. The Labute approximate surface area is 162 Å². The highest BCUT2D eigenvalue weighted by Gasteiger charge is 2.20. The SMILES string of the molecule is COC1CCC(CN=C(N)Nc2cccc3c2CCCC3)CC1.I. The van der Waals surface area contributed by atoms with Gasteiger partial charge in [0.2, 0.25) is 0 Å². The summed E-state index contributed by atoms with van der Waals surface area (Å²) in [6.07, 6.45) is 10.0. The minimum atomic E-state index is 0. The van der Waals surface area contributed by atoms with E-state index in [0.717, 1.165) is 31.5 Å². The molecule has 1 aromatic rings. The van der Waals surface area contributed by atoms with Gasteiger partial charge in [-0.2, -0.15) is 0 Å². The number of nitrogens with zero attached hydrogens (tertiary/aromatic N) is 1. The van der Waals surface area contributed by atoms with Gasteiger partial charge in [0.25, 0.3) is 0 Å². The van der Waals surface area contributed by atoms with Crippen LogP contribution in [0.25, 0.3) is 0 Å². The van der Waals surface area contributed by atoms with Crippen LogP contribution in [0, 0.1) is 5.92 Å². The number of aliphatic imine (C=N–C) groups is 1. The molecule has 0 amide bonds. The Morgan fingerprint density at radius 1 is 1.21 bits per heavy atom. The number of rotatable bonds is 4. The van der Waals surface area contributed by atoms with E-state index < -0.39 is 0 Å². The van der Waals surface area contributed by atoms with Gasteiger partial charge < -0.3 is 15.8 Å². The summed E-state index contributed by atoms with van der Waals surface area (Å²) in [6, 6.07) is 6.48. The van der Waals surface area contributed by atoms with Gasteiger partial charge in [0.1, 0.15) is 0 Å². The molecule has 24 heavy (non-hydrogen) atoms. The molecule has 2 aliphatic rings. The monoisotopic (exact) mass is 443 g/mol. The van der Waals surface area contributed by atoms with Gasteiger partial charge in [-0.15, -0.1) is 24.0 Å². The van der Waals surface area contributed by atoms with E-state index in [1.165, 1.54) is 43.2 Å². The first kappa shape index (κ1) is 19.5.